The first kappa shape index (κ1) is 13.5. The minimum absolute atomic E-state index is 0.167. The predicted octanol–water partition coefficient (Wildman–Crippen LogP) is 5.69. The second-order valence-electron chi connectivity index (χ2n) is 6.38. The lowest BCUT2D eigenvalue weighted by atomic mass is 9.67. The van der Waals surface area contributed by atoms with Crippen molar-refractivity contribution in [2.75, 3.05) is 0 Å². The number of aliphatic imine (C=N–C) groups is 1. The van der Waals surface area contributed by atoms with Crippen LogP contribution in [0.3, 0.4) is 0 Å². The van der Waals surface area contributed by atoms with Crippen LogP contribution in [0.1, 0.15) is 43.2 Å². The van der Waals surface area contributed by atoms with E-state index in [9.17, 15) is 0 Å². The summed E-state index contributed by atoms with van der Waals surface area (Å²) in [6.07, 6.45) is 10.7. The fourth-order valence-corrected chi connectivity index (χ4v) is 3.97. The van der Waals surface area contributed by atoms with Crippen LogP contribution in [0.15, 0.2) is 65.7 Å². The van der Waals surface area contributed by atoms with Crippen LogP contribution >= 0.6 is 0 Å². The maximum Gasteiger partial charge on any atom is 0.0671 e. The van der Waals surface area contributed by atoms with Gasteiger partial charge in [0.2, 0.25) is 0 Å². The molecule has 1 heterocycles. The van der Waals surface area contributed by atoms with E-state index >= 15 is 0 Å². The summed E-state index contributed by atoms with van der Waals surface area (Å²) in [6.45, 7) is 0. The highest BCUT2D eigenvalue weighted by Gasteiger charge is 2.43. The lowest BCUT2D eigenvalue weighted by Crippen LogP contribution is -2.35. The van der Waals surface area contributed by atoms with E-state index in [0.717, 1.165) is 12.8 Å². The van der Waals surface area contributed by atoms with E-state index in [-0.39, 0.29) is 5.41 Å². The third-order valence-corrected chi connectivity index (χ3v) is 5.07. The third kappa shape index (κ3) is 2.21. The molecule has 1 saturated carbocycles. The Morgan fingerprint density at radius 1 is 0.955 bits per heavy atom. The molecule has 0 spiro atoms. The molecule has 0 amide bonds. The molecule has 2 aromatic carbocycles. The van der Waals surface area contributed by atoms with Crippen LogP contribution in [-0.4, -0.2) is 5.71 Å². The largest absolute Gasteiger partial charge is 0.257 e. The molecule has 110 valence electrons. The average molecular weight is 287 g/mol. The van der Waals surface area contributed by atoms with Crippen LogP contribution in [0.2, 0.25) is 0 Å². The highest BCUT2D eigenvalue weighted by atomic mass is 14.8. The number of fused-ring (bicyclic) bond motifs is 3. The van der Waals surface area contributed by atoms with Crippen molar-refractivity contribution in [3.63, 3.8) is 0 Å². The number of benzene rings is 2. The Morgan fingerprint density at radius 3 is 2.68 bits per heavy atom. The number of hydrogen-bond acceptors (Lipinski definition) is 1. The summed E-state index contributed by atoms with van der Waals surface area (Å²) < 4.78 is 0. The molecule has 0 bridgehead atoms. The number of rotatable bonds is 3. The molecule has 1 atom stereocenters. The Labute approximate surface area is 132 Å². The van der Waals surface area contributed by atoms with E-state index in [1.54, 1.807) is 0 Å². The standard InChI is InChI=1S/C21H21N/c1-2-9-17(10-3-1)11-8-16-21-15-7-6-14-20(21)22-19-13-5-4-12-18(19)21/h1-5,8-13H,6-7,14-16H2/b11-8+. The van der Waals surface area contributed by atoms with Crippen LogP contribution in [0.4, 0.5) is 5.69 Å². The van der Waals surface area contributed by atoms with Gasteiger partial charge in [0, 0.05) is 11.1 Å². The Bertz CT molecular complexity index is 727. The molecule has 1 nitrogen and oxygen atoms in total. The number of para-hydroxylation sites is 1. The second-order valence-corrected chi connectivity index (χ2v) is 6.38. The normalized spacial score (nSPS) is 23.2. The molecule has 1 fully saturated rings. The molecule has 2 aromatic rings. The van der Waals surface area contributed by atoms with Crippen molar-refractivity contribution in [3.8, 4) is 0 Å². The quantitative estimate of drug-likeness (QED) is 0.688. The summed E-state index contributed by atoms with van der Waals surface area (Å²) in [7, 11) is 0. The van der Waals surface area contributed by atoms with Crippen molar-refractivity contribution >= 4 is 17.5 Å². The topological polar surface area (TPSA) is 12.4 Å². The molecule has 1 unspecified atom stereocenters. The highest BCUT2D eigenvalue weighted by Crippen LogP contribution is 2.49. The highest BCUT2D eigenvalue weighted by molar-refractivity contribution is 6.02. The summed E-state index contributed by atoms with van der Waals surface area (Å²) in [5.41, 5.74) is 5.51. The Hall–Kier alpha value is -2.15. The molecular formula is C21H21N. The molecule has 4 rings (SSSR count). The first-order valence-corrected chi connectivity index (χ1v) is 8.28. The molecule has 1 aliphatic carbocycles. The summed E-state index contributed by atoms with van der Waals surface area (Å²) >= 11 is 0. The van der Waals surface area contributed by atoms with E-state index < -0.39 is 0 Å². The SMILES string of the molecule is C(=C\c1ccccc1)/CC12CCCCC1=Nc1ccccc12. The smallest absolute Gasteiger partial charge is 0.0671 e. The molecule has 0 saturated heterocycles. The van der Waals surface area contributed by atoms with Crippen LogP contribution < -0.4 is 0 Å². The molecule has 1 aliphatic heterocycles. The van der Waals surface area contributed by atoms with Crippen molar-refractivity contribution in [3.05, 3.63) is 71.8 Å². The van der Waals surface area contributed by atoms with Gasteiger partial charge in [-0.25, -0.2) is 0 Å². The maximum absolute atomic E-state index is 4.95. The fourth-order valence-electron chi connectivity index (χ4n) is 3.97. The predicted molar refractivity (Wildman–Crippen MR) is 93.8 cm³/mol. The van der Waals surface area contributed by atoms with Crippen LogP contribution in [0.5, 0.6) is 0 Å². The third-order valence-electron chi connectivity index (χ3n) is 5.07. The zero-order valence-electron chi connectivity index (χ0n) is 12.8. The lowest BCUT2D eigenvalue weighted by Gasteiger charge is -2.35. The van der Waals surface area contributed by atoms with Gasteiger partial charge >= 0.3 is 0 Å². The molecule has 0 radical (unpaired) electrons. The number of allylic oxidation sites excluding steroid dienone is 1. The first-order valence-electron chi connectivity index (χ1n) is 8.28. The van der Waals surface area contributed by atoms with Gasteiger partial charge in [-0.15, -0.1) is 0 Å². The van der Waals surface area contributed by atoms with E-state index in [2.05, 4.69) is 66.7 Å². The van der Waals surface area contributed by atoms with Crippen molar-refractivity contribution in [1.82, 2.24) is 0 Å². The second kappa shape index (κ2) is 5.57. The molecule has 22 heavy (non-hydrogen) atoms. The van der Waals surface area contributed by atoms with Crippen molar-refractivity contribution in [2.45, 2.75) is 37.5 Å². The first-order chi connectivity index (χ1) is 10.9. The monoisotopic (exact) mass is 287 g/mol. The van der Waals surface area contributed by atoms with Crippen LogP contribution in [-0.2, 0) is 5.41 Å². The maximum atomic E-state index is 4.95. The summed E-state index contributed by atoms with van der Waals surface area (Å²) in [5, 5.41) is 0. The average Bonchev–Trinajstić information content (AvgIpc) is 2.90. The van der Waals surface area contributed by atoms with Crippen molar-refractivity contribution in [1.29, 1.82) is 0 Å². The minimum Gasteiger partial charge on any atom is -0.257 e. The van der Waals surface area contributed by atoms with Gasteiger partial charge < -0.3 is 0 Å². The van der Waals surface area contributed by atoms with Crippen LogP contribution in [0, 0.1) is 0 Å². The van der Waals surface area contributed by atoms with Gasteiger partial charge in [0.1, 0.15) is 0 Å². The van der Waals surface area contributed by atoms with Crippen molar-refractivity contribution < 1.29 is 0 Å². The van der Waals surface area contributed by atoms with E-state index in [4.69, 9.17) is 4.99 Å². The van der Waals surface area contributed by atoms with E-state index in [1.807, 2.05) is 0 Å². The van der Waals surface area contributed by atoms with Gasteiger partial charge in [-0.05, 0) is 42.9 Å². The van der Waals surface area contributed by atoms with Gasteiger partial charge in [-0.1, -0.05) is 67.1 Å². The number of hydrogen-bond donors (Lipinski definition) is 0. The molecule has 0 N–H and O–H groups in total. The summed E-state index contributed by atoms with van der Waals surface area (Å²) in [4.78, 5) is 4.95. The van der Waals surface area contributed by atoms with Gasteiger partial charge in [-0.3, -0.25) is 4.99 Å². The van der Waals surface area contributed by atoms with E-state index in [0.29, 0.717) is 0 Å². The van der Waals surface area contributed by atoms with Gasteiger partial charge in [0.25, 0.3) is 0 Å². The minimum atomic E-state index is 0.167. The van der Waals surface area contributed by atoms with Gasteiger partial charge in [-0.2, -0.15) is 0 Å². The zero-order valence-corrected chi connectivity index (χ0v) is 12.8. The Kier molecular flexibility index (Phi) is 3.42. The van der Waals surface area contributed by atoms with Gasteiger partial charge in [0.05, 0.1) is 5.69 Å². The summed E-state index contributed by atoms with van der Waals surface area (Å²) in [5.74, 6) is 0. The molecule has 2 aliphatic rings. The van der Waals surface area contributed by atoms with E-state index in [1.165, 1.54) is 41.8 Å². The van der Waals surface area contributed by atoms with Gasteiger partial charge in [0.15, 0.2) is 0 Å². The number of nitrogens with zero attached hydrogens (tertiary/aromatic N) is 1. The van der Waals surface area contributed by atoms with Crippen molar-refractivity contribution in [2.24, 2.45) is 4.99 Å². The molecule has 0 aromatic heterocycles. The zero-order chi connectivity index (χ0) is 14.8. The Morgan fingerprint density at radius 2 is 1.77 bits per heavy atom. The Balaban J connectivity index is 1.66. The lowest BCUT2D eigenvalue weighted by molar-refractivity contribution is 0.467. The summed E-state index contributed by atoms with van der Waals surface area (Å²) in [6, 6.07) is 19.3. The fraction of sp³-hybridized carbons (Fsp3) is 0.286. The van der Waals surface area contributed by atoms with Crippen LogP contribution in [0.25, 0.3) is 6.08 Å². The molecular weight excluding hydrogens is 266 g/mol. The molecule has 1 heteroatoms.